The van der Waals surface area contributed by atoms with Crippen LogP contribution in [0.15, 0.2) is 33.9 Å². The van der Waals surface area contributed by atoms with Gasteiger partial charge in [-0.25, -0.2) is 0 Å². The lowest BCUT2D eigenvalue weighted by atomic mass is 9.87. The molecular formula is C19H24N2O2. The fraction of sp³-hybridized carbons (Fsp3) is 0.474. The summed E-state index contributed by atoms with van der Waals surface area (Å²) in [5.41, 5.74) is 2.12. The second-order valence-corrected chi connectivity index (χ2v) is 7.49. The van der Waals surface area contributed by atoms with Gasteiger partial charge in [-0.3, -0.25) is 9.59 Å². The molecule has 0 spiro atoms. The predicted molar refractivity (Wildman–Crippen MR) is 95.7 cm³/mol. The Morgan fingerprint density at radius 2 is 1.65 bits per heavy atom. The highest BCUT2D eigenvalue weighted by Gasteiger charge is 2.25. The van der Waals surface area contributed by atoms with E-state index in [-0.39, 0.29) is 5.41 Å². The van der Waals surface area contributed by atoms with Crippen LogP contribution in [0, 0.1) is 0 Å². The van der Waals surface area contributed by atoms with Crippen LogP contribution in [0.3, 0.4) is 0 Å². The van der Waals surface area contributed by atoms with Crippen LogP contribution in [0.1, 0.15) is 52.0 Å². The summed E-state index contributed by atoms with van der Waals surface area (Å²) in [6.07, 6.45) is 4.50. The molecule has 0 aromatic heterocycles. The molecule has 1 aliphatic carbocycles. The first kappa shape index (κ1) is 15.8. The Morgan fingerprint density at radius 3 is 2.30 bits per heavy atom. The minimum atomic E-state index is -0.424. The van der Waals surface area contributed by atoms with Crippen molar-refractivity contribution in [1.82, 2.24) is 0 Å². The average Bonchev–Trinajstić information content (AvgIpc) is 3.03. The van der Waals surface area contributed by atoms with Gasteiger partial charge >= 0.3 is 0 Å². The molecule has 0 radical (unpaired) electrons. The summed E-state index contributed by atoms with van der Waals surface area (Å²) >= 11 is 0. The molecule has 23 heavy (non-hydrogen) atoms. The molecule has 0 unspecified atom stereocenters. The van der Waals surface area contributed by atoms with Crippen LogP contribution in [-0.4, -0.2) is 6.04 Å². The van der Waals surface area contributed by atoms with E-state index in [9.17, 15) is 9.59 Å². The van der Waals surface area contributed by atoms with E-state index in [0.29, 0.717) is 17.4 Å². The zero-order chi connectivity index (χ0) is 16.6. The molecule has 2 aromatic carbocycles. The lowest BCUT2D eigenvalue weighted by Gasteiger charge is -2.21. The molecular weight excluding hydrogens is 288 g/mol. The van der Waals surface area contributed by atoms with E-state index in [1.54, 1.807) is 0 Å². The Labute approximate surface area is 136 Å². The minimum Gasteiger partial charge on any atom is -0.377 e. The van der Waals surface area contributed by atoms with E-state index in [1.165, 1.54) is 18.4 Å². The quantitative estimate of drug-likeness (QED) is 0.846. The molecule has 0 amide bonds. The van der Waals surface area contributed by atoms with Crippen molar-refractivity contribution in [2.24, 2.45) is 0 Å². The SMILES string of the molecule is CC(C)(C)c1cccc(Nc2c(NC3CCCC3)c(=O)c2=O)c1. The minimum absolute atomic E-state index is 0.0381. The molecule has 4 nitrogen and oxygen atoms in total. The Hall–Kier alpha value is -2.10. The van der Waals surface area contributed by atoms with Crippen LogP contribution in [0.2, 0.25) is 0 Å². The summed E-state index contributed by atoms with van der Waals surface area (Å²) in [4.78, 5) is 23.8. The smallest absolute Gasteiger partial charge is 0.253 e. The van der Waals surface area contributed by atoms with E-state index >= 15 is 0 Å². The van der Waals surface area contributed by atoms with Gasteiger partial charge in [0, 0.05) is 11.7 Å². The lowest BCUT2D eigenvalue weighted by Crippen LogP contribution is -2.38. The second kappa shape index (κ2) is 5.84. The van der Waals surface area contributed by atoms with Gasteiger partial charge in [0.25, 0.3) is 10.9 Å². The molecule has 1 aliphatic rings. The van der Waals surface area contributed by atoms with E-state index in [2.05, 4.69) is 37.5 Å². The first-order chi connectivity index (χ1) is 10.9. The van der Waals surface area contributed by atoms with Gasteiger partial charge in [-0.1, -0.05) is 45.7 Å². The predicted octanol–water partition coefficient (Wildman–Crippen LogP) is 3.68. The van der Waals surface area contributed by atoms with Crippen LogP contribution in [0.4, 0.5) is 17.1 Å². The molecule has 2 aromatic rings. The molecule has 0 heterocycles. The Morgan fingerprint density at radius 1 is 1.00 bits per heavy atom. The first-order valence-corrected chi connectivity index (χ1v) is 8.33. The maximum absolute atomic E-state index is 11.9. The molecule has 0 atom stereocenters. The topological polar surface area (TPSA) is 58.2 Å². The summed E-state index contributed by atoms with van der Waals surface area (Å²) in [5.74, 6) is 0. The Kier molecular flexibility index (Phi) is 4.00. The van der Waals surface area contributed by atoms with Crippen molar-refractivity contribution in [3.8, 4) is 0 Å². The summed E-state index contributed by atoms with van der Waals surface area (Å²) in [6.45, 7) is 6.45. The number of rotatable bonds is 4. The maximum Gasteiger partial charge on any atom is 0.253 e. The molecule has 1 fully saturated rings. The van der Waals surface area contributed by atoms with Crippen molar-refractivity contribution in [2.75, 3.05) is 10.6 Å². The fourth-order valence-electron chi connectivity index (χ4n) is 3.13. The van der Waals surface area contributed by atoms with Crippen molar-refractivity contribution >= 4 is 17.1 Å². The highest BCUT2D eigenvalue weighted by Crippen LogP contribution is 2.29. The number of hydrogen-bond donors (Lipinski definition) is 2. The van der Waals surface area contributed by atoms with Crippen molar-refractivity contribution in [3.05, 3.63) is 50.3 Å². The molecule has 4 heteroatoms. The van der Waals surface area contributed by atoms with Crippen molar-refractivity contribution in [2.45, 2.75) is 57.9 Å². The second-order valence-electron chi connectivity index (χ2n) is 7.49. The zero-order valence-corrected chi connectivity index (χ0v) is 14.0. The molecule has 2 N–H and O–H groups in total. The summed E-state index contributed by atoms with van der Waals surface area (Å²) < 4.78 is 0. The first-order valence-electron chi connectivity index (χ1n) is 8.33. The molecule has 0 aliphatic heterocycles. The Balaban J connectivity index is 1.82. The van der Waals surface area contributed by atoms with E-state index in [1.807, 2.05) is 18.2 Å². The van der Waals surface area contributed by atoms with Gasteiger partial charge in [-0.2, -0.15) is 0 Å². The molecule has 1 saturated carbocycles. The standard InChI is InChI=1S/C19H24N2O2/c1-19(2,3)12-7-6-10-14(11-12)21-16-15(17(22)18(16)23)20-13-8-4-5-9-13/h6-7,10-11,13,20-21H,4-5,8-9H2,1-3H3. The Bertz CT molecular complexity index is 773. The monoisotopic (exact) mass is 312 g/mol. The normalized spacial score (nSPS) is 16.0. The number of hydrogen-bond acceptors (Lipinski definition) is 4. The summed E-state index contributed by atoms with van der Waals surface area (Å²) in [6, 6.07) is 8.32. The third-order valence-electron chi connectivity index (χ3n) is 4.61. The van der Waals surface area contributed by atoms with Crippen molar-refractivity contribution < 1.29 is 0 Å². The number of anilines is 3. The van der Waals surface area contributed by atoms with Crippen LogP contribution in [0.5, 0.6) is 0 Å². The van der Waals surface area contributed by atoms with Crippen LogP contribution in [0.25, 0.3) is 0 Å². The van der Waals surface area contributed by atoms with Crippen LogP contribution in [-0.2, 0) is 5.41 Å². The lowest BCUT2D eigenvalue weighted by molar-refractivity contribution is 0.590. The average molecular weight is 312 g/mol. The van der Waals surface area contributed by atoms with Crippen LogP contribution >= 0.6 is 0 Å². The maximum atomic E-state index is 11.9. The van der Waals surface area contributed by atoms with Crippen molar-refractivity contribution in [1.29, 1.82) is 0 Å². The highest BCUT2D eigenvalue weighted by atomic mass is 16.2. The van der Waals surface area contributed by atoms with Gasteiger partial charge in [0.15, 0.2) is 0 Å². The molecule has 0 saturated heterocycles. The van der Waals surface area contributed by atoms with Gasteiger partial charge < -0.3 is 10.6 Å². The summed E-state index contributed by atoms with van der Waals surface area (Å²) in [5, 5.41) is 6.40. The van der Waals surface area contributed by atoms with Gasteiger partial charge in [-0.15, -0.1) is 0 Å². The summed E-state index contributed by atoms with van der Waals surface area (Å²) in [7, 11) is 0. The van der Waals surface area contributed by atoms with Gasteiger partial charge in [0.05, 0.1) is 0 Å². The third-order valence-corrected chi connectivity index (χ3v) is 4.61. The number of nitrogens with one attached hydrogen (secondary N) is 2. The van der Waals surface area contributed by atoms with E-state index in [0.717, 1.165) is 18.5 Å². The fourth-order valence-corrected chi connectivity index (χ4v) is 3.13. The van der Waals surface area contributed by atoms with Crippen LogP contribution < -0.4 is 21.5 Å². The molecule has 0 bridgehead atoms. The van der Waals surface area contributed by atoms with Gasteiger partial charge in [0.2, 0.25) is 0 Å². The number of benzene rings is 1. The molecule has 3 rings (SSSR count). The highest BCUT2D eigenvalue weighted by molar-refractivity contribution is 5.79. The van der Waals surface area contributed by atoms with E-state index < -0.39 is 10.9 Å². The van der Waals surface area contributed by atoms with Gasteiger partial charge in [-0.05, 0) is 36.0 Å². The molecule has 122 valence electrons. The van der Waals surface area contributed by atoms with E-state index in [4.69, 9.17) is 0 Å². The third kappa shape index (κ3) is 3.16. The van der Waals surface area contributed by atoms with Gasteiger partial charge in [0.1, 0.15) is 11.4 Å². The largest absolute Gasteiger partial charge is 0.377 e. The zero-order valence-electron chi connectivity index (χ0n) is 14.0. The van der Waals surface area contributed by atoms with Crippen molar-refractivity contribution in [3.63, 3.8) is 0 Å².